The van der Waals surface area contributed by atoms with Crippen molar-refractivity contribution in [3.05, 3.63) is 52.3 Å². The molecular formula is C17H19N3O4S. The van der Waals surface area contributed by atoms with Crippen LogP contribution in [0.25, 0.3) is 20.8 Å². The molecular weight excluding hydrogens is 342 g/mol. The number of methoxy groups -OCH3 is 1. The number of ether oxygens (including phenoxy) is 1. The minimum atomic E-state index is -0.384. The topological polar surface area (TPSA) is 95.2 Å². The van der Waals surface area contributed by atoms with Crippen LogP contribution in [0.1, 0.15) is 19.4 Å². The number of fused-ring (bicyclic) bond motifs is 1. The lowest BCUT2D eigenvalue weighted by molar-refractivity contribution is -0.384. The van der Waals surface area contributed by atoms with Gasteiger partial charge in [-0.05, 0) is 24.6 Å². The third-order valence-electron chi connectivity index (χ3n) is 2.81. The molecule has 7 nitrogen and oxygen atoms in total. The average molecular weight is 361 g/mol. The third-order valence-corrected chi connectivity index (χ3v) is 3.86. The molecule has 132 valence electrons. The van der Waals surface area contributed by atoms with E-state index in [1.165, 1.54) is 18.4 Å². The van der Waals surface area contributed by atoms with E-state index in [1.807, 2.05) is 32.9 Å². The van der Waals surface area contributed by atoms with Gasteiger partial charge in [0, 0.05) is 30.1 Å². The fourth-order valence-corrected chi connectivity index (χ4v) is 2.82. The molecule has 0 N–H and O–H groups in total. The van der Waals surface area contributed by atoms with Gasteiger partial charge in [0.1, 0.15) is 5.01 Å². The van der Waals surface area contributed by atoms with Gasteiger partial charge in [-0.2, -0.15) is 0 Å². The molecule has 0 bridgehead atoms. The van der Waals surface area contributed by atoms with Crippen LogP contribution in [0.5, 0.6) is 0 Å². The first-order chi connectivity index (χ1) is 12.0. The van der Waals surface area contributed by atoms with E-state index < -0.39 is 0 Å². The number of aromatic nitrogens is 2. The second kappa shape index (κ2) is 10.1. The molecule has 3 rings (SSSR count). The summed E-state index contributed by atoms with van der Waals surface area (Å²) in [6.07, 6.45) is 3.44. The van der Waals surface area contributed by atoms with Gasteiger partial charge in [-0.1, -0.05) is 13.8 Å². The highest BCUT2D eigenvalue weighted by Crippen LogP contribution is 2.32. The maximum Gasteiger partial charge on any atom is 0.292 e. The van der Waals surface area contributed by atoms with E-state index in [4.69, 9.17) is 4.79 Å². The Kier molecular flexibility index (Phi) is 8.14. The Morgan fingerprint density at radius 1 is 1.28 bits per heavy atom. The molecule has 0 saturated heterocycles. The summed E-state index contributed by atoms with van der Waals surface area (Å²) in [6.45, 7) is 6.21. The van der Waals surface area contributed by atoms with Crippen molar-refractivity contribution >= 4 is 33.7 Å². The number of nitro groups is 1. The molecule has 0 aliphatic carbocycles. The van der Waals surface area contributed by atoms with Crippen molar-refractivity contribution in [3.63, 3.8) is 0 Å². The maximum atomic E-state index is 10.9. The average Bonchev–Trinajstić information content (AvgIpc) is 3.07. The number of non-ortho nitro benzene ring substituents is 1. The number of pyridine rings is 1. The van der Waals surface area contributed by atoms with Crippen LogP contribution in [-0.4, -0.2) is 28.5 Å². The Bertz CT molecular complexity index is 816. The fourth-order valence-electron chi connectivity index (χ4n) is 1.90. The van der Waals surface area contributed by atoms with Gasteiger partial charge in [-0.25, -0.2) is 4.98 Å². The number of carbonyl (C=O) groups is 1. The molecule has 0 saturated carbocycles. The Morgan fingerprint density at radius 2 is 1.96 bits per heavy atom. The normalized spacial score (nSPS) is 9.28. The summed E-state index contributed by atoms with van der Waals surface area (Å²) >= 11 is 1.48. The van der Waals surface area contributed by atoms with E-state index in [0.29, 0.717) is 6.47 Å². The molecule has 0 radical (unpaired) electrons. The summed E-state index contributed by atoms with van der Waals surface area (Å²) in [5.41, 5.74) is 2.57. The monoisotopic (exact) mass is 361 g/mol. The quantitative estimate of drug-likeness (QED) is 0.390. The second-order valence-electron chi connectivity index (χ2n) is 4.51. The zero-order chi connectivity index (χ0) is 18.8. The van der Waals surface area contributed by atoms with Gasteiger partial charge < -0.3 is 4.74 Å². The van der Waals surface area contributed by atoms with Crippen LogP contribution >= 0.6 is 11.3 Å². The van der Waals surface area contributed by atoms with Crippen LogP contribution in [0.2, 0.25) is 0 Å². The van der Waals surface area contributed by atoms with Crippen molar-refractivity contribution in [3.8, 4) is 10.6 Å². The lowest BCUT2D eigenvalue weighted by Gasteiger charge is -1.99. The number of thiazole rings is 1. The molecule has 25 heavy (non-hydrogen) atoms. The van der Waals surface area contributed by atoms with E-state index in [9.17, 15) is 10.1 Å². The predicted molar refractivity (Wildman–Crippen MR) is 98.7 cm³/mol. The summed E-state index contributed by atoms with van der Waals surface area (Å²) < 4.78 is 4.83. The molecule has 0 unspecified atom stereocenters. The Balaban J connectivity index is 0.000000461. The number of aryl methyl sites for hydroxylation is 1. The predicted octanol–water partition coefficient (Wildman–Crippen LogP) is 4.39. The minimum absolute atomic E-state index is 0.0902. The molecule has 0 atom stereocenters. The number of benzene rings is 1. The number of rotatable bonds is 3. The van der Waals surface area contributed by atoms with Gasteiger partial charge in [0.05, 0.1) is 22.2 Å². The van der Waals surface area contributed by atoms with E-state index in [-0.39, 0.29) is 10.6 Å². The highest BCUT2D eigenvalue weighted by molar-refractivity contribution is 7.21. The largest absolute Gasteiger partial charge is 0.471 e. The summed E-state index contributed by atoms with van der Waals surface area (Å²) in [5.74, 6) is 0. The summed E-state index contributed by atoms with van der Waals surface area (Å²) in [4.78, 5) is 28.0. The van der Waals surface area contributed by atoms with Crippen molar-refractivity contribution in [2.45, 2.75) is 20.8 Å². The first-order valence-corrected chi connectivity index (χ1v) is 8.30. The Hall–Kier alpha value is -2.87. The van der Waals surface area contributed by atoms with E-state index in [1.54, 1.807) is 24.5 Å². The zero-order valence-corrected chi connectivity index (χ0v) is 15.2. The molecule has 8 heteroatoms. The first-order valence-electron chi connectivity index (χ1n) is 7.48. The molecule has 0 aliphatic rings. The second-order valence-corrected chi connectivity index (χ2v) is 5.54. The number of hydrogen-bond acceptors (Lipinski definition) is 7. The number of hydrogen-bond donors (Lipinski definition) is 0. The molecule has 0 amide bonds. The first kappa shape index (κ1) is 20.2. The van der Waals surface area contributed by atoms with Gasteiger partial charge >= 0.3 is 0 Å². The standard InChI is InChI=1S/C13H9N3O2S.C2H4O2.C2H6/c1-8-4-9(6-10(5-8)16(17)18)13-15-11-2-3-14-7-12(11)19-13;1-4-2-3;1-2/h2-7H,1H3;2H,1H3;1-2H3. The van der Waals surface area contributed by atoms with Crippen molar-refractivity contribution in [1.29, 1.82) is 0 Å². The minimum Gasteiger partial charge on any atom is -0.471 e. The van der Waals surface area contributed by atoms with Crippen molar-refractivity contribution in [2.24, 2.45) is 0 Å². The Morgan fingerprint density at radius 3 is 2.52 bits per heavy atom. The number of nitrogens with zero attached hydrogens (tertiary/aromatic N) is 3. The number of nitro benzene ring substituents is 1. The summed E-state index contributed by atoms with van der Waals surface area (Å²) in [5, 5.41) is 11.7. The molecule has 1 aromatic carbocycles. The Labute approximate surface area is 149 Å². The van der Waals surface area contributed by atoms with Gasteiger partial charge in [0.15, 0.2) is 0 Å². The maximum absolute atomic E-state index is 10.9. The smallest absolute Gasteiger partial charge is 0.292 e. The zero-order valence-electron chi connectivity index (χ0n) is 14.4. The van der Waals surface area contributed by atoms with Gasteiger partial charge in [-0.3, -0.25) is 19.9 Å². The van der Waals surface area contributed by atoms with Crippen LogP contribution in [0, 0.1) is 17.0 Å². The van der Waals surface area contributed by atoms with E-state index in [0.717, 1.165) is 26.4 Å². The van der Waals surface area contributed by atoms with Gasteiger partial charge in [0.2, 0.25) is 0 Å². The van der Waals surface area contributed by atoms with Crippen LogP contribution < -0.4 is 0 Å². The molecule has 0 fully saturated rings. The van der Waals surface area contributed by atoms with Crippen LogP contribution in [0.4, 0.5) is 5.69 Å². The summed E-state index contributed by atoms with van der Waals surface area (Å²) in [7, 11) is 1.31. The van der Waals surface area contributed by atoms with E-state index >= 15 is 0 Å². The lowest BCUT2D eigenvalue weighted by atomic mass is 10.1. The molecule has 0 spiro atoms. The highest BCUT2D eigenvalue weighted by Gasteiger charge is 2.12. The third kappa shape index (κ3) is 5.61. The van der Waals surface area contributed by atoms with Crippen LogP contribution in [0.15, 0.2) is 36.7 Å². The SMILES string of the molecule is CC.COC=O.Cc1cc(-c2nc3ccncc3s2)cc([N+](=O)[O-])c1. The van der Waals surface area contributed by atoms with Crippen LogP contribution in [0.3, 0.4) is 0 Å². The van der Waals surface area contributed by atoms with Crippen molar-refractivity contribution in [1.82, 2.24) is 9.97 Å². The van der Waals surface area contributed by atoms with Crippen LogP contribution in [-0.2, 0) is 9.53 Å². The van der Waals surface area contributed by atoms with Gasteiger partial charge in [-0.15, -0.1) is 11.3 Å². The molecule has 3 aromatic rings. The highest BCUT2D eigenvalue weighted by atomic mass is 32.1. The number of carbonyl (C=O) groups excluding carboxylic acids is 1. The fraction of sp³-hybridized carbons (Fsp3) is 0.235. The van der Waals surface area contributed by atoms with E-state index in [2.05, 4.69) is 14.7 Å². The van der Waals surface area contributed by atoms with Crippen molar-refractivity contribution < 1.29 is 14.5 Å². The molecule has 0 aliphatic heterocycles. The molecule has 2 aromatic heterocycles. The lowest BCUT2D eigenvalue weighted by Crippen LogP contribution is -1.89. The van der Waals surface area contributed by atoms with Gasteiger partial charge in [0.25, 0.3) is 12.2 Å². The summed E-state index contributed by atoms with van der Waals surface area (Å²) in [6, 6.07) is 6.84. The molecule has 2 heterocycles. The van der Waals surface area contributed by atoms with Crippen molar-refractivity contribution in [2.75, 3.05) is 7.11 Å².